The van der Waals surface area contributed by atoms with Gasteiger partial charge in [0.1, 0.15) is 35.1 Å². The number of aliphatic hydroxyl groups excluding tert-OH is 1. The molecule has 19 nitrogen and oxygen atoms in total. The fourth-order valence-corrected chi connectivity index (χ4v) is 12.0. The number of piperidine rings is 1. The van der Waals surface area contributed by atoms with Crippen molar-refractivity contribution in [2.45, 2.75) is 153 Å². The minimum absolute atomic E-state index is 0.00252. The van der Waals surface area contributed by atoms with Crippen LogP contribution in [0.2, 0.25) is 0 Å². The van der Waals surface area contributed by atoms with Gasteiger partial charge in [-0.3, -0.25) is 24.0 Å². The lowest BCUT2D eigenvalue weighted by Gasteiger charge is -2.35. The highest BCUT2D eigenvalue weighted by Gasteiger charge is 2.54. The molecule has 3 aliphatic heterocycles. The molecule has 2 aromatic heterocycles. The van der Waals surface area contributed by atoms with Crippen LogP contribution in [0.5, 0.6) is 11.5 Å². The van der Waals surface area contributed by atoms with Gasteiger partial charge in [-0.2, -0.15) is 13.8 Å². The minimum atomic E-state index is -3.65. The SMILES string of the molecule is COc1cc(C(=O)NC2CCN(CCCCCOc3cc(-c4scnc4C)ccc3CNC(=O)[C@@H]3C[C@@H](O)CN3C(=O)[C@@H](NC(=O)C3(F)CC3)C(C)(C)C)CC2)c(F)cc1Nc1ncc2c(n1)N(C1CCCC1)CC(F)(F)C(=O)N2C. The number of carbonyl (C=O) groups is 5. The number of aryl methyl sites for hydroxylation is 1. The van der Waals surface area contributed by atoms with Gasteiger partial charge in [0.05, 0.1) is 59.9 Å². The molecule has 5 heterocycles. The van der Waals surface area contributed by atoms with Crippen molar-refractivity contribution < 1.29 is 56.1 Å². The number of benzene rings is 2. The van der Waals surface area contributed by atoms with Crippen molar-refractivity contribution >= 4 is 64.0 Å². The fourth-order valence-electron chi connectivity index (χ4n) is 11.2. The fraction of sp³-hybridized carbons (Fsp3) is 0.579. The first-order chi connectivity index (χ1) is 38.5. The number of nitrogens with zero attached hydrogens (tertiary/aromatic N) is 7. The molecular weight excluding hydrogens is 1070 g/mol. The predicted molar refractivity (Wildman–Crippen MR) is 297 cm³/mol. The maximum absolute atomic E-state index is 15.8. The van der Waals surface area contributed by atoms with Gasteiger partial charge < -0.3 is 55.4 Å². The molecule has 9 rings (SSSR count). The van der Waals surface area contributed by atoms with Crippen molar-refractivity contribution in [2.24, 2.45) is 5.41 Å². The second kappa shape index (κ2) is 24.4. The van der Waals surface area contributed by atoms with Crippen molar-refractivity contribution in [3.8, 4) is 21.9 Å². The van der Waals surface area contributed by atoms with E-state index in [4.69, 9.17) is 9.47 Å². The highest BCUT2D eigenvalue weighted by atomic mass is 32.1. The van der Waals surface area contributed by atoms with Crippen LogP contribution in [-0.4, -0.2) is 155 Å². The highest BCUT2D eigenvalue weighted by molar-refractivity contribution is 7.13. The summed E-state index contributed by atoms with van der Waals surface area (Å²) in [5, 5.41) is 22.1. The second-order valence-corrected chi connectivity index (χ2v) is 24.0. The molecular formula is C57H73F4N11O8S. The third-order valence-electron chi connectivity index (χ3n) is 16.1. The van der Waals surface area contributed by atoms with E-state index < -0.39 is 77.1 Å². The molecule has 2 aliphatic carbocycles. The van der Waals surface area contributed by atoms with Crippen molar-refractivity contribution in [2.75, 3.05) is 68.6 Å². The molecule has 3 atom stereocenters. The van der Waals surface area contributed by atoms with Crippen LogP contribution < -0.4 is 40.5 Å². The third-order valence-corrected chi connectivity index (χ3v) is 17.1. The smallest absolute Gasteiger partial charge is 0.342 e. The minimum Gasteiger partial charge on any atom is -0.495 e. The summed E-state index contributed by atoms with van der Waals surface area (Å²) in [7, 11) is 2.64. The van der Waals surface area contributed by atoms with Crippen LogP contribution in [0.25, 0.3) is 10.4 Å². The number of amides is 5. The first kappa shape index (κ1) is 59.0. The Morgan fingerprint density at radius 3 is 2.40 bits per heavy atom. The molecule has 5 aliphatic rings. The van der Waals surface area contributed by atoms with Gasteiger partial charge in [-0.15, -0.1) is 11.3 Å². The second-order valence-electron chi connectivity index (χ2n) is 23.1. The Hall–Kier alpha value is -6.66. The Labute approximate surface area is 472 Å². The standard InChI is InChI=1S/C57H73F4N11O8S/c1-33-46(81-32-64-33)34-14-15-35(28-62-50(75)42-25-38(73)30-71(42)51(76)47(55(2,3)4)67-52(77)56(59)18-19-56)44(24-34)80-23-11-7-10-20-70-21-16-36(17-22-70)65-49(74)39-26-45(79-6)41(27-40(39)58)66-54-63-29-43-48(68-54)72(37-12-8-9-13-37)31-57(60,61)53(78)69(43)5/h14-15,24,26-27,29,32,36-38,42,47,73H,7-13,16-23,25,28,30-31H2,1-6H3,(H,62,75)(H,65,74)(H,67,77)(H,63,66,68)/t38-,42+,47-/m1/s1. The molecule has 0 unspecified atom stereocenters. The van der Waals surface area contributed by atoms with Crippen molar-refractivity contribution in [3.05, 3.63) is 64.7 Å². The van der Waals surface area contributed by atoms with Gasteiger partial charge in [0.15, 0.2) is 11.5 Å². The molecule has 2 saturated heterocycles. The summed E-state index contributed by atoms with van der Waals surface area (Å²) in [5.74, 6) is -7.46. The normalized spacial score (nSPS) is 20.6. The summed E-state index contributed by atoms with van der Waals surface area (Å²) < 4.78 is 72.7. The topological polar surface area (TPSA) is 224 Å². The van der Waals surface area contributed by atoms with E-state index >= 15 is 13.2 Å². The van der Waals surface area contributed by atoms with Crippen molar-refractivity contribution in [3.63, 3.8) is 0 Å². The summed E-state index contributed by atoms with van der Waals surface area (Å²) >= 11 is 1.51. The lowest BCUT2D eigenvalue weighted by Crippen LogP contribution is -2.59. The number of methoxy groups -OCH3 is 1. The number of rotatable bonds is 20. The molecule has 5 N–H and O–H groups in total. The number of ether oxygens (including phenoxy) is 2. The first-order valence-corrected chi connectivity index (χ1v) is 28.8. The molecule has 0 spiro atoms. The van der Waals surface area contributed by atoms with E-state index in [0.717, 1.165) is 78.8 Å². The number of fused-ring (bicyclic) bond motifs is 1. The number of hydrogen-bond donors (Lipinski definition) is 5. The van der Waals surface area contributed by atoms with Crippen LogP contribution in [-0.2, 0) is 25.7 Å². The summed E-state index contributed by atoms with van der Waals surface area (Å²) in [5.41, 5.74) is 1.50. The number of nitrogens with one attached hydrogen (secondary N) is 4. The van der Waals surface area contributed by atoms with Crippen LogP contribution in [0.4, 0.5) is 40.7 Å². The number of alkyl halides is 3. The lowest BCUT2D eigenvalue weighted by atomic mass is 9.85. The molecule has 0 radical (unpaired) electrons. The molecule has 4 fully saturated rings. The Kier molecular flexibility index (Phi) is 17.8. The number of aliphatic hydroxyl groups is 1. The van der Waals surface area contributed by atoms with E-state index in [1.54, 1.807) is 26.3 Å². The number of β-amino-alcohol motifs (C(OH)–C–C–N with tert-alkyl or cyclic N) is 1. The number of unbranched alkanes of at least 4 members (excludes halogenated alkanes) is 2. The zero-order valence-corrected chi connectivity index (χ0v) is 47.5. The summed E-state index contributed by atoms with van der Waals surface area (Å²) in [6.07, 6.45) is 7.41. The lowest BCUT2D eigenvalue weighted by molar-refractivity contribution is -0.145. The van der Waals surface area contributed by atoms with Crippen LogP contribution in [0.1, 0.15) is 119 Å². The summed E-state index contributed by atoms with van der Waals surface area (Å²) in [4.78, 5) is 87.0. The largest absolute Gasteiger partial charge is 0.495 e. The molecule has 438 valence electrons. The Morgan fingerprint density at radius 1 is 0.975 bits per heavy atom. The zero-order valence-electron chi connectivity index (χ0n) is 46.7. The maximum Gasteiger partial charge on any atom is 0.342 e. The van der Waals surface area contributed by atoms with E-state index in [-0.39, 0.29) is 78.9 Å². The number of anilines is 4. The average molecular weight is 1150 g/mol. The monoisotopic (exact) mass is 1150 g/mol. The van der Waals surface area contributed by atoms with Gasteiger partial charge in [-0.05, 0) is 94.4 Å². The van der Waals surface area contributed by atoms with Crippen molar-refractivity contribution in [1.82, 2.24) is 40.7 Å². The number of hydrogen-bond acceptors (Lipinski definition) is 15. The summed E-state index contributed by atoms with van der Waals surface area (Å²) in [6.45, 7) is 9.02. The molecule has 2 aromatic carbocycles. The van der Waals surface area contributed by atoms with Gasteiger partial charge in [0, 0.05) is 63.4 Å². The molecule has 4 aromatic rings. The van der Waals surface area contributed by atoms with Gasteiger partial charge in [-0.1, -0.05) is 45.7 Å². The molecule has 5 amide bonds. The molecule has 0 bridgehead atoms. The van der Waals surface area contributed by atoms with Gasteiger partial charge >= 0.3 is 5.92 Å². The Morgan fingerprint density at radius 2 is 1.72 bits per heavy atom. The Balaban J connectivity index is 0.746. The van der Waals surface area contributed by atoms with Crippen LogP contribution >= 0.6 is 11.3 Å². The first-order valence-electron chi connectivity index (χ1n) is 27.9. The maximum atomic E-state index is 15.8. The average Bonchev–Trinajstić information content (AvgIpc) is 3.99. The summed E-state index contributed by atoms with van der Waals surface area (Å²) in [6, 6.07) is 5.60. The zero-order chi connectivity index (χ0) is 58.0. The third kappa shape index (κ3) is 13.5. The van der Waals surface area contributed by atoms with Crippen LogP contribution in [0.15, 0.2) is 42.0 Å². The number of halogens is 4. The van der Waals surface area contributed by atoms with E-state index in [1.807, 2.05) is 25.1 Å². The van der Waals surface area contributed by atoms with E-state index in [2.05, 4.69) is 41.1 Å². The molecule has 2 saturated carbocycles. The predicted octanol–water partition coefficient (Wildman–Crippen LogP) is 7.22. The van der Waals surface area contributed by atoms with Crippen LogP contribution in [0, 0.1) is 18.2 Å². The molecule has 24 heteroatoms. The highest BCUT2D eigenvalue weighted by Crippen LogP contribution is 2.42. The van der Waals surface area contributed by atoms with E-state index in [1.165, 1.54) is 47.6 Å². The Bertz CT molecular complexity index is 2980. The number of aromatic nitrogens is 3. The van der Waals surface area contributed by atoms with Gasteiger partial charge in [0.25, 0.3) is 17.7 Å². The van der Waals surface area contributed by atoms with Gasteiger partial charge in [-0.25, -0.2) is 18.7 Å². The van der Waals surface area contributed by atoms with E-state index in [0.29, 0.717) is 43.6 Å². The molecule has 81 heavy (non-hydrogen) atoms. The quantitative estimate of drug-likeness (QED) is 0.0436. The van der Waals surface area contributed by atoms with E-state index in [9.17, 15) is 33.5 Å². The number of carbonyl (C=O) groups excluding carboxylic acids is 5. The van der Waals surface area contributed by atoms with Gasteiger partial charge in [0.2, 0.25) is 17.8 Å². The number of likely N-dealkylation sites (tertiary alicyclic amines) is 2. The number of thiazole rings is 1. The van der Waals surface area contributed by atoms with Crippen LogP contribution in [0.3, 0.4) is 0 Å². The van der Waals surface area contributed by atoms with Crippen molar-refractivity contribution in [1.29, 1.82) is 0 Å².